The molecule has 0 spiro atoms. The molecule has 3 aliphatic heterocycles. The van der Waals surface area contributed by atoms with Crippen LogP contribution in [-0.2, 0) is 0 Å². The topological polar surface area (TPSA) is 27.3 Å². The van der Waals surface area contributed by atoms with E-state index in [-0.39, 0.29) is 12.4 Å². The Morgan fingerprint density at radius 3 is 1.85 bits per heavy atom. The fourth-order valence-electron chi connectivity index (χ4n) is 2.72. The molecule has 76 valence electrons. The van der Waals surface area contributed by atoms with Crippen molar-refractivity contribution in [1.82, 2.24) is 15.5 Å². The van der Waals surface area contributed by atoms with Crippen molar-refractivity contribution in [2.45, 2.75) is 6.04 Å². The maximum Gasteiger partial charge on any atom is 0.0345 e. The van der Waals surface area contributed by atoms with Crippen LogP contribution in [0.3, 0.4) is 0 Å². The first-order valence-electron chi connectivity index (χ1n) is 5.09. The van der Waals surface area contributed by atoms with Crippen molar-refractivity contribution in [1.29, 1.82) is 0 Å². The number of hydrogen-bond acceptors (Lipinski definition) is 3. The highest BCUT2D eigenvalue weighted by molar-refractivity contribution is 5.85. The second kappa shape index (κ2) is 3.73. The third-order valence-electron chi connectivity index (χ3n) is 3.69. The van der Waals surface area contributed by atoms with Crippen molar-refractivity contribution in [3.8, 4) is 0 Å². The monoisotopic (exact) mass is 203 g/mol. The number of hydrogen-bond donors (Lipinski definition) is 2. The van der Waals surface area contributed by atoms with Crippen LogP contribution in [0.4, 0.5) is 0 Å². The van der Waals surface area contributed by atoms with Gasteiger partial charge in [-0.25, -0.2) is 0 Å². The lowest BCUT2D eigenvalue weighted by molar-refractivity contribution is 0.168. The minimum Gasteiger partial charge on any atom is -0.316 e. The minimum absolute atomic E-state index is 0. The SMILES string of the molecule is C1NCC1N1C[C@H]2CNC[C@H]2C1.Cl. The van der Waals surface area contributed by atoms with Gasteiger partial charge in [-0.05, 0) is 24.9 Å². The second-order valence-corrected chi connectivity index (χ2v) is 4.44. The van der Waals surface area contributed by atoms with Gasteiger partial charge >= 0.3 is 0 Å². The van der Waals surface area contributed by atoms with E-state index in [9.17, 15) is 0 Å². The molecule has 0 aromatic heterocycles. The van der Waals surface area contributed by atoms with E-state index >= 15 is 0 Å². The van der Waals surface area contributed by atoms with Gasteiger partial charge in [0.05, 0.1) is 0 Å². The normalized spacial score (nSPS) is 39.7. The van der Waals surface area contributed by atoms with Crippen LogP contribution in [0.1, 0.15) is 0 Å². The molecule has 0 aliphatic carbocycles. The Bertz CT molecular complexity index is 172. The van der Waals surface area contributed by atoms with E-state index < -0.39 is 0 Å². The van der Waals surface area contributed by atoms with Gasteiger partial charge < -0.3 is 10.6 Å². The summed E-state index contributed by atoms with van der Waals surface area (Å²) in [6.07, 6.45) is 0. The second-order valence-electron chi connectivity index (χ2n) is 4.44. The van der Waals surface area contributed by atoms with Crippen LogP contribution in [0.25, 0.3) is 0 Å². The van der Waals surface area contributed by atoms with Crippen molar-refractivity contribution in [3.05, 3.63) is 0 Å². The first kappa shape index (κ1) is 9.71. The summed E-state index contributed by atoms with van der Waals surface area (Å²) in [4.78, 5) is 2.69. The third kappa shape index (κ3) is 1.59. The molecule has 3 fully saturated rings. The van der Waals surface area contributed by atoms with E-state index in [0.717, 1.165) is 17.9 Å². The van der Waals surface area contributed by atoms with E-state index in [4.69, 9.17) is 0 Å². The Hall–Kier alpha value is 0.170. The molecular formula is C9H18ClN3. The first-order chi connectivity index (χ1) is 5.93. The summed E-state index contributed by atoms with van der Waals surface area (Å²) in [7, 11) is 0. The van der Waals surface area contributed by atoms with Crippen molar-refractivity contribution >= 4 is 12.4 Å². The van der Waals surface area contributed by atoms with Crippen LogP contribution < -0.4 is 10.6 Å². The highest BCUT2D eigenvalue weighted by Crippen LogP contribution is 2.28. The van der Waals surface area contributed by atoms with E-state index in [1.807, 2.05) is 0 Å². The zero-order valence-corrected chi connectivity index (χ0v) is 8.65. The van der Waals surface area contributed by atoms with Crippen LogP contribution in [-0.4, -0.2) is 50.2 Å². The fourth-order valence-corrected chi connectivity index (χ4v) is 2.72. The molecule has 3 aliphatic rings. The average molecular weight is 204 g/mol. The Balaban J connectivity index is 0.000000653. The van der Waals surface area contributed by atoms with Gasteiger partial charge in [-0.15, -0.1) is 12.4 Å². The first-order valence-corrected chi connectivity index (χ1v) is 5.09. The summed E-state index contributed by atoms with van der Waals surface area (Å²) in [5.41, 5.74) is 0. The summed E-state index contributed by atoms with van der Waals surface area (Å²) >= 11 is 0. The quantitative estimate of drug-likeness (QED) is 0.604. The average Bonchev–Trinajstić information content (AvgIpc) is 2.40. The van der Waals surface area contributed by atoms with Crippen molar-refractivity contribution in [2.24, 2.45) is 11.8 Å². The van der Waals surface area contributed by atoms with E-state index in [2.05, 4.69) is 15.5 Å². The predicted molar refractivity (Wildman–Crippen MR) is 55.3 cm³/mol. The molecule has 0 aromatic carbocycles. The molecule has 0 amide bonds. The lowest BCUT2D eigenvalue weighted by Gasteiger charge is -2.36. The van der Waals surface area contributed by atoms with Crippen LogP contribution in [0, 0.1) is 11.8 Å². The van der Waals surface area contributed by atoms with Crippen molar-refractivity contribution in [3.63, 3.8) is 0 Å². The number of halogens is 1. The van der Waals surface area contributed by atoms with Gasteiger partial charge in [0, 0.05) is 32.2 Å². The molecule has 0 saturated carbocycles. The summed E-state index contributed by atoms with van der Waals surface area (Å²) < 4.78 is 0. The molecule has 2 atom stereocenters. The largest absolute Gasteiger partial charge is 0.316 e. The molecule has 0 aromatic rings. The van der Waals surface area contributed by atoms with Crippen LogP contribution in [0.15, 0.2) is 0 Å². The molecule has 0 unspecified atom stereocenters. The number of nitrogens with one attached hydrogen (secondary N) is 2. The van der Waals surface area contributed by atoms with Crippen LogP contribution >= 0.6 is 12.4 Å². The highest BCUT2D eigenvalue weighted by Gasteiger charge is 2.39. The number of nitrogens with zero attached hydrogens (tertiary/aromatic N) is 1. The van der Waals surface area contributed by atoms with E-state index in [1.165, 1.54) is 39.3 Å². The Morgan fingerprint density at radius 2 is 1.38 bits per heavy atom. The number of likely N-dealkylation sites (tertiary alicyclic amines) is 1. The van der Waals surface area contributed by atoms with Gasteiger partial charge in [0.15, 0.2) is 0 Å². The van der Waals surface area contributed by atoms with Gasteiger partial charge in [-0.2, -0.15) is 0 Å². The molecule has 3 nitrogen and oxygen atoms in total. The minimum atomic E-state index is 0. The number of rotatable bonds is 1. The van der Waals surface area contributed by atoms with Gasteiger partial charge in [-0.3, -0.25) is 4.90 Å². The van der Waals surface area contributed by atoms with Crippen LogP contribution in [0.5, 0.6) is 0 Å². The van der Waals surface area contributed by atoms with Gasteiger partial charge in [0.2, 0.25) is 0 Å². The standard InChI is InChI=1S/C9H17N3.ClH/c1-7-5-12(9-3-11-4-9)6-8(7)2-10-1;/h7-11H,1-6H2;1H/t7-,8+;. The van der Waals surface area contributed by atoms with Crippen LogP contribution in [0.2, 0.25) is 0 Å². The van der Waals surface area contributed by atoms with E-state index in [0.29, 0.717) is 0 Å². The lowest BCUT2D eigenvalue weighted by atomic mass is 10.0. The number of fused-ring (bicyclic) bond motifs is 1. The van der Waals surface area contributed by atoms with Gasteiger partial charge in [0.25, 0.3) is 0 Å². The Labute approximate surface area is 85.7 Å². The molecule has 13 heavy (non-hydrogen) atoms. The molecule has 4 heteroatoms. The zero-order valence-electron chi connectivity index (χ0n) is 7.83. The van der Waals surface area contributed by atoms with Gasteiger partial charge in [0.1, 0.15) is 0 Å². The third-order valence-corrected chi connectivity index (χ3v) is 3.69. The molecule has 0 bridgehead atoms. The highest BCUT2D eigenvalue weighted by atomic mass is 35.5. The summed E-state index contributed by atoms with van der Waals surface area (Å²) in [6.45, 7) is 7.69. The molecule has 0 radical (unpaired) electrons. The Kier molecular flexibility index (Phi) is 2.79. The van der Waals surface area contributed by atoms with Crippen molar-refractivity contribution < 1.29 is 0 Å². The fraction of sp³-hybridized carbons (Fsp3) is 1.00. The molecular weight excluding hydrogens is 186 g/mol. The molecule has 3 saturated heterocycles. The molecule has 2 N–H and O–H groups in total. The summed E-state index contributed by atoms with van der Waals surface area (Å²) in [5, 5.41) is 6.82. The lowest BCUT2D eigenvalue weighted by Crippen LogP contribution is -2.56. The zero-order chi connectivity index (χ0) is 7.97. The maximum atomic E-state index is 3.48. The Morgan fingerprint density at radius 1 is 0.846 bits per heavy atom. The van der Waals surface area contributed by atoms with Gasteiger partial charge in [-0.1, -0.05) is 0 Å². The predicted octanol–water partition coefficient (Wildman–Crippen LogP) is -0.469. The molecule has 3 rings (SSSR count). The van der Waals surface area contributed by atoms with Crippen molar-refractivity contribution in [2.75, 3.05) is 39.3 Å². The maximum absolute atomic E-state index is 3.48. The summed E-state index contributed by atoms with van der Waals surface area (Å²) in [5.74, 6) is 1.93. The molecule has 3 heterocycles. The summed E-state index contributed by atoms with van der Waals surface area (Å²) in [6, 6.07) is 0.871. The van der Waals surface area contributed by atoms with E-state index in [1.54, 1.807) is 0 Å². The smallest absolute Gasteiger partial charge is 0.0345 e.